The summed E-state index contributed by atoms with van der Waals surface area (Å²) in [6, 6.07) is 11.6. The number of benzene rings is 2. The van der Waals surface area contributed by atoms with E-state index < -0.39 is 10.0 Å². The Morgan fingerprint density at radius 1 is 1.07 bits per heavy atom. The van der Waals surface area contributed by atoms with Gasteiger partial charge in [0.2, 0.25) is 0 Å². The fraction of sp³-hybridized carbons (Fsp3) is 0.105. The maximum Gasteiger partial charge on any atom is 0.265 e. The van der Waals surface area contributed by atoms with Crippen molar-refractivity contribution in [3.63, 3.8) is 0 Å². The molecule has 4 rings (SSSR count). The molecule has 0 aliphatic rings. The van der Waals surface area contributed by atoms with Crippen LogP contribution in [0, 0.1) is 0 Å². The van der Waals surface area contributed by atoms with Gasteiger partial charge in [-0.3, -0.25) is 9.12 Å². The Bertz CT molecular complexity index is 1200. The van der Waals surface area contributed by atoms with E-state index >= 15 is 0 Å². The van der Waals surface area contributed by atoms with E-state index in [2.05, 4.69) is 9.71 Å². The van der Waals surface area contributed by atoms with Gasteiger partial charge in [-0.1, -0.05) is 12.1 Å². The van der Waals surface area contributed by atoms with Gasteiger partial charge in [-0.2, -0.15) is 0 Å². The molecule has 0 aliphatic heterocycles. The van der Waals surface area contributed by atoms with Crippen molar-refractivity contribution in [2.45, 2.75) is 4.90 Å². The standard InChI is InChI=1S/C19H17N3O4S2/c1-25-15-7-8-18(17(11-15)26-2)28(23,24)21-14-5-3-13(4-6-14)16-12-22-9-10-27-19(22)20-16/h3-12,21H,1-2H3. The summed E-state index contributed by atoms with van der Waals surface area (Å²) in [6.07, 6.45) is 3.88. The lowest BCUT2D eigenvalue weighted by atomic mass is 10.1. The third kappa shape index (κ3) is 3.41. The highest BCUT2D eigenvalue weighted by molar-refractivity contribution is 7.92. The van der Waals surface area contributed by atoms with Crippen molar-refractivity contribution in [1.29, 1.82) is 0 Å². The molecule has 1 N–H and O–H groups in total. The van der Waals surface area contributed by atoms with Crippen molar-refractivity contribution in [3.05, 3.63) is 60.2 Å². The third-order valence-electron chi connectivity index (χ3n) is 4.19. The summed E-state index contributed by atoms with van der Waals surface area (Å²) >= 11 is 1.56. The number of rotatable bonds is 6. The van der Waals surface area contributed by atoms with Crippen molar-refractivity contribution in [2.75, 3.05) is 18.9 Å². The highest BCUT2D eigenvalue weighted by Crippen LogP contribution is 2.30. The predicted molar refractivity (Wildman–Crippen MR) is 109 cm³/mol. The Morgan fingerprint density at radius 3 is 2.54 bits per heavy atom. The van der Waals surface area contributed by atoms with Crippen LogP contribution in [0.25, 0.3) is 16.2 Å². The Kier molecular flexibility index (Phi) is 4.70. The lowest BCUT2D eigenvalue weighted by Gasteiger charge is -2.13. The molecular weight excluding hydrogens is 398 g/mol. The number of thiazole rings is 1. The fourth-order valence-electron chi connectivity index (χ4n) is 2.78. The number of ether oxygens (including phenoxy) is 2. The lowest BCUT2D eigenvalue weighted by molar-refractivity contribution is 0.386. The molecule has 0 radical (unpaired) electrons. The number of hydrogen-bond donors (Lipinski definition) is 1. The molecule has 2 heterocycles. The van der Waals surface area contributed by atoms with Gasteiger partial charge in [-0.05, 0) is 24.3 Å². The molecule has 9 heteroatoms. The van der Waals surface area contributed by atoms with Gasteiger partial charge >= 0.3 is 0 Å². The Hall–Kier alpha value is -3.04. The van der Waals surface area contributed by atoms with Crippen LogP contribution >= 0.6 is 11.3 Å². The number of sulfonamides is 1. The van der Waals surface area contributed by atoms with Crippen LogP contribution in [0.2, 0.25) is 0 Å². The Morgan fingerprint density at radius 2 is 1.86 bits per heavy atom. The summed E-state index contributed by atoms with van der Waals surface area (Å²) in [5.74, 6) is 0.724. The second-order valence-electron chi connectivity index (χ2n) is 5.92. The van der Waals surface area contributed by atoms with E-state index in [1.54, 1.807) is 29.5 Å². The average molecular weight is 415 g/mol. The highest BCUT2D eigenvalue weighted by atomic mass is 32.2. The van der Waals surface area contributed by atoms with Crippen molar-refractivity contribution < 1.29 is 17.9 Å². The van der Waals surface area contributed by atoms with Crippen LogP contribution in [-0.2, 0) is 10.0 Å². The number of fused-ring (bicyclic) bond motifs is 1. The smallest absolute Gasteiger partial charge is 0.265 e. The number of aromatic nitrogens is 2. The zero-order chi connectivity index (χ0) is 19.7. The minimum absolute atomic E-state index is 0.0363. The van der Waals surface area contributed by atoms with Crippen LogP contribution in [0.1, 0.15) is 0 Å². The van der Waals surface area contributed by atoms with E-state index in [9.17, 15) is 8.42 Å². The monoisotopic (exact) mass is 415 g/mol. The van der Waals surface area contributed by atoms with Crippen LogP contribution < -0.4 is 14.2 Å². The van der Waals surface area contributed by atoms with Crippen molar-refractivity contribution in [2.24, 2.45) is 0 Å². The molecule has 2 aromatic carbocycles. The topological polar surface area (TPSA) is 81.9 Å². The van der Waals surface area contributed by atoms with Crippen LogP contribution in [0.5, 0.6) is 11.5 Å². The first kappa shape index (κ1) is 18.3. The van der Waals surface area contributed by atoms with Gasteiger partial charge in [0.05, 0.1) is 19.9 Å². The number of anilines is 1. The number of imidazole rings is 1. The van der Waals surface area contributed by atoms with E-state index in [1.807, 2.05) is 34.3 Å². The third-order valence-corrected chi connectivity index (χ3v) is 6.38. The minimum Gasteiger partial charge on any atom is -0.497 e. The molecule has 0 unspecified atom stereocenters. The molecule has 4 aromatic rings. The second-order valence-corrected chi connectivity index (χ2v) is 8.44. The van der Waals surface area contributed by atoms with E-state index in [-0.39, 0.29) is 10.6 Å². The van der Waals surface area contributed by atoms with Crippen molar-refractivity contribution >= 4 is 32.0 Å². The van der Waals surface area contributed by atoms with E-state index in [4.69, 9.17) is 9.47 Å². The highest BCUT2D eigenvalue weighted by Gasteiger charge is 2.20. The summed E-state index contributed by atoms with van der Waals surface area (Å²) < 4.78 is 40.4. The first-order chi connectivity index (χ1) is 13.5. The minimum atomic E-state index is -3.82. The molecular formula is C19H17N3O4S2. The van der Waals surface area contributed by atoms with E-state index in [1.165, 1.54) is 26.4 Å². The maximum absolute atomic E-state index is 12.8. The summed E-state index contributed by atoms with van der Waals surface area (Å²) in [5, 5.41) is 1.97. The van der Waals surface area contributed by atoms with Gasteiger partial charge in [-0.15, -0.1) is 11.3 Å². The molecule has 28 heavy (non-hydrogen) atoms. The van der Waals surface area contributed by atoms with Crippen molar-refractivity contribution in [3.8, 4) is 22.8 Å². The van der Waals surface area contributed by atoms with E-state index in [0.29, 0.717) is 11.4 Å². The Balaban J connectivity index is 1.59. The zero-order valence-corrected chi connectivity index (χ0v) is 16.8. The quantitative estimate of drug-likeness (QED) is 0.517. The molecule has 0 aliphatic carbocycles. The number of methoxy groups -OCH3 is 2. The number of hydrogen-bond acceptors (Lipinski definition) is 6. The fourth-order valence-corrected chi connectivity index (χ4v) is 4.69. The molecule has 0 atom stereocenters. The van der Waals surface area contributed by atoms with Crippen LogP contribution in [0.4, 0.5) is 5.69 Å². The summed E-state index contributed by atoms with van der Waals surface area (Å²) in [5.41, 5.74) is 2.18. The largest absolute Gasteiger partial charge is 0.497 e. The van der Waals surface area contributed by atoms with Gasteiger partial charge in [0.25, 0.3) is 10.0 Å². The van der Waals surface area contributed by atoms with Gasteiger partial charge in [0.1, 0.15) is 16.4 Å². The normalized spacial score (nSPS) is 11.5. The van der Waals surface area contributed by atoms with Gasteiger partial charge in [0.15, 0.2) is 4.96 Å². The molecule has 144 valence electrons. The molecule has 0 bridgehead atoms. The second kappa shape index (κ2) is 7.17. The van der Waals surface area contributed by atoms with Crippen LogP contribution in [-0.4, -0.2) is 32.0 Å². The Labute approximate surface area is 166 Å². The molecule has 0 amide bonds. The van der Waals surface area contributed by atoms with Gasteiger partial charge < -0.3 is 9.47 Å². The molecule has 0 spiro atoms. The maximum atomic E-state index is 12.8. The SMILES string of the molecule is COc1ccc(S(=O)(=O)Nc2ccc(-c3cn4ccsc4n3)cc2)c(OC)c1. The van der Waals surface area contributed by atoms with Crippen LogP contribution in [0.15, 0.2) is 65.1 Å². The number of nitrogens with one attached hydrogen (secondary N) is 1. The van der Waals surface area contributed by atoms with Gasteiger partial charge in [-0.25, -0.2) is 13.4 Å². The molecule has 0 saturated heterocycles. The predicted octanol–water partition coefficient (Wildman–Crippen LogP) is 3.88. The van der Waals surface area contributed by atoms with Crippen molar-refractivity contribution in [1.82, 2.24) is 9.38 Å². The molecule has 7 nitrogen and oxygen atoms in total. The first-order valence-electron chi connectivity index (χ1n) is 8.27. The van der Waals surface area contributed by atoms with Crippen LogP contribution in [0.3, 0.4) is 0 Å². The first-order valence-corrected chi connectivity index (χ1v) is 10.6. The zero-order valence-electron chi connectivity index (χ0n) is 15.1. The van der Waals surface area contributed by atoms with Gasteiger partial charge in [0, 0.05) is 35.1 Å². The summed E-state index contributed by atoms with van der Waals surface area (Å²) in [4.78, 5) is 5.49. The lowest BCUT2D eigenvalue weighted by Crippen LogP contribution is -2.14. The van der Waals surface area contributed by atoms with E-state index in [0.717, 1.165) is 16.2 Å². The number of nitrogens with zero attached hydrogens (tertiary/aromatic N) is 2. The summed E-state index contributed by atoms with van der Waals surface area (Å²) in [6.45, 7) is 0. The summed E-state index contributed by atoms with van der Waals surface area (Å²) in [7, 11) is -0.897. The molecule has 0 saturated carbocycles. The molecule has 2 aromatic heterocycles. The average Bonchev–Trinajstić information content (AvgIpc) is 3.30. The molecule has 0 fully saturated rings.